The fourth-order valence-electron chi connectivity index (χ4n) is 1.77. The van der Waals surface area contributed by atoms with Crippen LogP contribution in [0.25, 0.3) is 0 Å². The van der Waals surface area contributed by atoms with Gasteiger partial charge in [0.05, 0.1) is 18.8 Å². The van der Waals surface area contributed by atoms with Gasteiger partial charge in [-0.15, -0.1) is 5.10 Å². The Labute approximate surface area is 105 Å². The van der Waals surface area contributed by atoms with Crippen molar-refractivity contribution >= 4 is 11.6 Å². The maximum absolute atomic E-state index is 9.13. The summed E-state index contributed by atoms with van der Waals surface area (Å²) in [7, 11) is 0. The van der Waals surface area contributed by atoms with Gasteiger partial charge in [-0.05, 0) is 24.1 Å². The molecule has 17 heavy (non-hydrogen) atoms. The molecule has 0 atom stereocenters. The third-order valence-corrected chi connectivity index (χ3v) is 2.90. The molecule has 1 N–H and O–H groups in total. The second kappa shape index (κ2) is 5.29. The van der Waals surface area contributed by atoms with Crippen LogP contribution in [0.1, 0.15) is 23.9 Å². The normalized spacial score (nSPS) is 10.8. The summed E-state index contributed by atoms with van der Waals surface area (Å²) >= 11 is 5.83. The molecular formula is C12H14ClN3O. The van der Waals surface area contributed by atoms with Crippen molar-refractivity contribution in [3.63, 3.8) is 0 Å². The van der Waals surface area contributed by atoms with Crippen LogP contribution in [0, 0.1) is 0 Å². The smallest absolute Gasteiger partial charge is 0.111 e. The van der Waals surface area contributed by atoms with Crippen LogP contribution in [-0.4, -0.2) is 20.1 Å². The predicted molar refractivity (Wildman–Crippen MR) is 65.9 cm³/mol. The maximum atomic E-state index is 9.13. The molecule has 0 amide bonds. The van der Waals surface area contributed by atoms with Crippen LogP contribution in [0.15, 0.2) is 24.3 Å². The summed E-state index contributed by atoms with van der Waals surface area (Å²) in [5.74, 6) is 0. The fraction of sp³-hybridized carbons (Fsp3) is 0.333. The molecule has 0 bridgehead atoms. The minimum atomic E-state index is -0.0657. The van der Waals surface area contributed by atoms with E-state index in [9.17, 15) is 0 Å². The van der Waals surface area contributed by atoms with Crippen molar-refractivity contribution in [2.75, 3.05) is 0 Å². The Kier molecular flexibility index (Phi) is 3.76. The molecule has 0 saturated carbocycles. The monoisotopic (exact) mass is 251 g/mol. The Balaban J connectivity index is 2.23. The van der Waals surface area contributed by atoms with Gasteiger partial charge in [-0.3, -0.25) is 0 Å². The fourth-order valence-corrected chi connectivity index (χ4v) is 1.89. The number of aliphatic hydroxyl groups is 1. The van der Waals surface area contributed by atoms with E-state index in [-0.39, 0.29) is 6.61 Å². The summed E-state index contributed by atoms with van der Waals surface area (Å²) < 4.78 is 1.81. The Hall–Kier alpha value is -1.39. The zero-order valence-corrected chi connectivity index (χ0v) is 10.4. The lowest BCUT2D eigenvalue weighted by molar-refractivity contribution is 0.275. The van der Waals surface area contributed by atoms with Crippen molar-refractivity contribution in [2.45, 2.75) is 26.5 Å². The molecule has 0 aliphatic heterocycles. The first-order chi connectivity index (χ1) is 8.24. The zero-order chi connectivity index (χ0) is 12.3. The van der Waals surface area contributed by atoms with Crippen LogP contribution in [0.5, 0.6) is 0 Å². The van der Waals surface area contributed by atoms with Crippen LogP contribution in [0.3, 0.4) is 0 Å². The van der Waals surface area contributed by atoms with Crippen LogP contribution < -0.4 is 0 Å². The summed E-state index contributed by atoms with van der Waals surface area (Å²) in [6, 6.07) is 7.63. The highest BCUT2D eigenvalue weighted by Gasteiger charge is 2.10. The molecule has 0 saturated heterocycles. The van der Waals surface area contributed by atoms with Crippen molar-refractivity contribution in [3.05, 3.63) is 46.2 Å². The molecule has 0 radical (unpaired) electrons. The third-order valence-electron chi connectivity index (χ3n) is 2.65. The first kappa shape index (κ1) is 12.1. The lowest BCUT2D eigenvalue weighted by atomic mass is 10.2. The van der Waals surface area contributed by atoms with Gasteiger partial charge < -0.3 is 5.11 Å². The van der Waals surface area contributed by atoms with Crippen molar-refractivity contribution in [1.29, 1.82) is 0 Å². The maximum Gasteiger partial charge on any atom is 0.111 e. The summed E-state index contributed by atoms with van der Waals surface area (Å²) in [5, 5.41) is 17.9. The molecule has 2 rings (SSSR count). The zero-order valence-electron chi connectivity index (χ0n) is 9.60. The number of hydrogen-bond acceptors (Lipinski definition) is 3. The topological polar surface area (TPSA) is 50.9 Å². The molecule has 1 aromatic carbocycles. The van der Waals surface area contributed by atoms with Gasteiger partial charge in [0.1, 0.15) is 5.69 Å². The van der Waals surface area contributed by atoms with Gasteiger partial charge in [0.2, 0.25) is 0 Å². The number of aromatic nitrogens is 3. The number of halogens is 1. The van der Waals surface area contributed by atoms with E-state index in [1.54, 1.807) is 0 Å². The minimum Gasteiger partial charge on any atom is -0.390 e. The van der Waals surface area contributed by atoms with Gasteiger partial charge in [-0.2, -0.15) is 0 Å². The number of benzene rings is 1. The van der Waals surface area contributed by atoms with E-state index in [0.717, 1.165) is 22.7 Å². The molecule has 1 aromatic heterocycles. The van der Waals surface area contributed by atoms with E-state index < -0.39 is 0 Å². The van der Waals surface area contributed by atoms with Gasteiger partial charge >= 0.3 is 0 Å². The summed E-state index contributed by atoms with van der Waals surface area (Å²) in [4.78, 5) is 0. The van der Waals surface area contributed by atoms with E-state index >= 15 is 0 Å². The summed E-state index contributed by atoms with van der Waals surface area (Å²) in [5.41, 5.74) is 2.74. The molecule has 5 heteroatoms. The van der Waals surface area contributed by atoms with E-state index in [4.69, 9.17) is 16.7 Å². The summed E-state index contributed by atoms with van der Waals surface area (Å²) in [6.07, 6.45) is 0.802. The first-order valence-corrected chi connectivity index (χ1v) is 5.89. The van der Waals surface area contributed by atoms with Gasteiger partial charge in [0.15, 0.2) is 0 Å². The molecule has 0 spiro atoms. The van der Waals surface area contributed by atoms with E-state index in [0.29, 0.717) is 12.2 Å². The van der Waals surface area contributed by atoms with Crippen molar-refractivity contribution in [3.8, 4) is 0 Å². The molecule has 1 heterocycles. The number of aliphatic hydroxyl groups excluding tert-OH is 1. The van der Waals surface area contributed by atoms with Gasteiger partial charge in [0.25, 0.3) is 0 Å². The van der Waals surface area contributed by atoms with Gasteiger partial charge in [0, 0.05) is 5.02 Å². The Morgan fingerprint density at radius 2 is 2.00 bits per heavy atom. The van der Waals surface area contributed by atoms with Crippen LogP contribution in [0.2, 0.25) is 5.02 Å². The number of rotatable bonds is 4. The highest BCUT2D eigenvalue weighted by Crippen LogP contribution is 2.13. The average Bonchev–Trinajstić information content (AvgIpc) is 2.74. The first-order valence-electron chi connectivity index (χ1n) is 5.51. The largest absolute Gasteiger partial charge is 0.390 e. The molecule has 0 unspecified atom stereocenters. The SMILES string of the molecule is CCc1c(CO)nnn1Cc1ccc(Cl)cc1. The molecule has 0 aliphatic rings. The standard InChI is InChI=1S/C12H14ClN3O/c1-2-12-11(8-17)14-15-16(12)7-9-3-5-10(13)6-4-9/h3-6,17H,2,7-8H2,1H3. The Bertz CT molecular complexity index is 493. The highest BCUT2D eigenvalue weighted by atomic mass is 35.5. The van der Waals surface area contributed by atoms with Crippen molar-refractivity contribution in [1.82, 2.24) is 15.0 Å². The lowest BCUT2D eigenvalue weighted by Gasteiger charge is -2.05. The number of hydrogen-bond donors (Lipinski definition) is 1. The molecule has 0 fully saturated rings. The third kappa shape index (κ3) is 2.65. The molecular weight excluding hydrogens is 238 g/mol. The minimum absolute atomic E-state index is 0.0657. The summed E-state index contributed by atoms with van der Waals surface area (Å²) in [6.45, 7) is 2.60. The average molecular weight is 252 g/mol. The Morgan fingerprint density at radius 1 is 1.29 bits per heavy atom. The highest BCUT2D eigenvalue weighted by molar-refractivity contribution is 6.30. The lowest BCUT2D eigenvalue weighted by Crippen LogP contribution is -2.06. The van der Waals surface area contributed by atoms with Crippen molar-refractivity contribution in [2.24, 2.45) is 0 Å². The van der Waals surface area contributed by atoms with E-state index in [2.05, 4.69) is 10.3 Å². The van der Waals surface area contributed by atoms with Crippen LogP contribution in [0.4, 0.5) is 0 Å². The predicted octanol–water partition coefficient (Wildman–Crippen LogP) is 2.03. The van der Waals surface area contributed by atoms with E-state index in [1.807, 2.05) is 35.9 Å². The van der Waals surface area contributed by atoms with Crippen molar-refractivity contribution < 1.29 is 5.11 Å². The number of nitrogens with zero attached hydrogens (tertiary/aromatic N) is 3. The second-order valence-corrected chi connectivity index (χ2v) is 4.22. The Morgan fingerprint density at radius 3 is 2.59 bits per heavy atom. The van der Waals surface area contributed by atoms with Crippen LogP contribution in [-0.2, 0) is 19.6 Å². The molecule has 4 nitrogen and oxygen atoms in total. The molecule has 0 aliphatic carbocycles. The second-order valence-electron chi connectivity index (χ2n) is 3.78. The van der Waals surface area contributed by atoms with Crippen LogP contribution >= 0.6 is 11.6 Å². The van der Waals surface area contributed by atoms with Gasteiger partial charge in [-0.25, -0.2) is 4.68 Å². The molecule has 90 valence electrons. The molecule has 2 aromatic rings. The quantitative estimate of drug-likeness (QED) is 0.905. The van der Waals surface area contributed by atoms with E-state index in [1.165, 1.54) is 0 Å². The van der Waals surface area contributed by atoms with Gasteiger partial charge in [-0.1, -0.05) is 35.9 Å².